The molecule has 1 aromatic carbocycles. The van der Waals surface area contributed by atoms with Crippen molar-refractivity contribution >= 4 is 40.0 Å². The Morgan fingerprint density at radius 2 is 2.03 bits per heavy atom. The highest BCUT2D eigenvalue weighted by Crippen LogP contribution is 2.32. The van der Waals surface area contributed by atoms with Gasteiger partial charge in [-0.2, -0.15) is 5.10 Å². The van der Waals surface area contributed by atoms with Gasteiger partial charge in [-0.1, -0.05) is 6.07 Å². The molecule has 0 radical (unpaired) electrons. The summed E-state index contributed by atoms with van der Waals surface area (Å²) in [6.07, 6.45) is 5.20. The second kappa shape index (κ2) is 10.2. The second-order valence-electron chi connectivity index (χ2n) is 9.13. The van der Waals surface area contributed by atoms with Crippen LogP contribution in [0.1, 0.15) is 36.5 Å². The molecule has 0 aliphatic carbocycles. The first-order chi connectivity index (χ1) is 16.8. The maximum atomic E-state index is 13.2. The molecule has 0 saturated carbocycles. The van der Waals surface area contributed by atoms with Crippen molar-refractivity contribution in [1.82, 2.24) is 14.8 Å². The van der Waals surface area contributed by atoms with E-state index in [1.165, 1.54) is 12.4 Å². The third-order valence-corrected chi connectivity index (χ3v) is 5.86. The van der Waals surface area contributed by atoms with E-state index in [1.54, 1.807) is 32.0 Å². The van der Waals surface area contributed by atoms with E-state index >= 15 is 0 Å². The van der Waals surface area contributed by atoms with Crippen LogP contribution in [0.2, 0.25) is 0 Å². The largest absolute Gasteiger partial charge is 0.404 e. The van der Waals surface area contributed by atoms with Crippen LogP contribution in [0.3, 0.4) is 0 Å². The lowest BCUT2D eigenvalue weighted by Crippen LogP contribution is -2.36. The number of rotatable bonds is 8. The Kier molecular flexibility index (Phi) is 7.13. The molecule has 10 heteroatoms. The summed E-state index contributed by atoms with van der Waals surface area (Å²) in [4.78, 5) is 19.8. The molecule has 1 aliphatic heterocycles. The Labute approximate surface area is 203 Å². The molecule has 4 rings (SSSR count). The van der Waals surface area contributed by atoms with Crippen molar-refractivity contribution in [2.75, 3.05) is 36.5 Å². The van der Waals surface area contributed by atoms with Gasteiger partial charge in [-0.25, -0.2) is 4.98 Å². The molecule has 1 amide bonds. The van der Waals surface area contributed by atoms with Crippen molar-refractivity contribution in [2.24, 2.45) is 5.73 Å². The van der Waals surface area contributed by atoms with Crippen LogP contribution in [0.25, 0.3) is 16.5 Å². The molecule has 2 aromatic heterocycles. The number of nitrogens with zero attached hydrogens (tertiary/aromatic N) is 4. The smallest absolute Gasteiger partial charge is 0.274 e. The molecule has 1 fully saturated rings. The van der Waals surface area contributed by atoms with Crippen LogP contribution in [0.15, 0.2) is 42.7 Å². The van der Waals surface area contributed by atoms with E-state index < -0.39 is 5.60 Å². The minimum absolute atomic E-state index is 0.248. The molecule has 0 atom stereocenters. The van der Waals surface area contributed by atoms with Crippen LogP contribution >= 0.6 is 0 Å². The summed E-state index contributed by atoms with van der Waals surface area (Å²) < 4.78 is 7.34. The summed E-state index contributed by atoms with van der Waals surface area (Å²) >= 11 is 0. The number of allylic oxidation sites excluding steroid dienone is 1. The molecular formula is C25H32N7O3+. The number of hydrogen-bond donors (Lipinski definition) is 4. The first-order valence-corrected chi connectivity index (χ1v) is 11.6. The molecule has 1 aliphatic rings. The molecule has 6 N–H and O–H groups in total. The van der Waals surface area contributed by atoms with Crippen molar-refractivity contribution in [3.63, 3.8) is 0 Å². The number of fused-ring (bicyclic) bond motifs is 1. The van der Waals surface area contributed by atoms with Crippen LogP contribution < -0.4 is 21.4 Å². The van der Waals surface area contributed by atoms with Gasteiger partial charge in [0.2, 0.25) is 0 Å². The van der Waals surface area contributed by atoms with Crippen LogP contribution in [0.4, 0.5) is 11.4 Å². The maximum absolute atomic E-state index is 13.2. The monoisotopic (exact) mass is 478 g/mol. The zero-order valence-corrected chi connectivity index (χ0v) is 20.1. The number of benzene rings is 1. The number of carbonyl (C=O) groups is 1. The Hall–Kier alpha value is -3.76. The summed E-state index contributed by atoms with van der Waals surface area (Å²) in [5, 5.41) is 24.3. The van der Waals surface area contributed by atoms with Crippen molar-refractivity contribution in [3.8, 4) is 0 Å². The zero-order chi connectivity index (χ0) is 25.0. The number of aliphatic hydroxyl groups is 1. The van der Waals surface area contributed by atoms with E-state index in [2.05, 4.69) is 20.3 Å². The Morgan fingerprint density at radius 1 is 1.29 bits per heavy atom. The highest BCUT2D eigenvalue weighted by molar-refractivity contribution is 6.08. The number of aryl methyl sites for hydroxylation is 1. The summed E-state index contributed by atoms with van der Waals surface area (Å²) in [6.45, 7) is 6.77. The topological polar surface area (TPSA) is 144 Å². The quantitative estimate of drug-likeness (QED) is 0.351. The van der Waals surface area contributed by atoms with Gasteiger partial charge < -0.3 is 25.8 Å². The third kappa shape index (κ3) is 5.84. The molecule has 1 saturated heterocycles. The number of pyridine rings is 1. The normalized spacial score (nSPS) is 14.8. The number of nitrogens with two attached hydrogens (primary N) is 2. The van der Waals surface area contributed by atoms with Gasteiger partial charge in [0.05, 0.1) is 47.0 Å². The predicted octanol–water partition coefficient (Wildman–Crippen LogP) is 0.811. The predicted molar refractivity (Wildman–Crippen MR) is 136 cm³/mol. The lowest BCUT2D eigenvalue weighted by molar-refractivity contribution is -0.103. The summed E-state index contributed by atoms with van der Waals surface area (Å²) in [7, 11) is 0. The maximum Gasteiger partial charge on any atom is 0.274 e. The fourth-order valence-electron chi connectivity index (χ4n) is 3.92. The van der Waals surface area contributed by atoms with E-state index in [0.29, 0.717) is 56.2 Å². The Morgan fingerprint density at radius 3 is 2.71 bits per heavy atom. The van der Waals surface area contributed by atoms with E-state index in [1.807, 2.05) is 23.0 Å². The van der Waals surface area contributed by atoms with E-state index in [0.717, 1.165) is 16.6 Å². The molecule has 0 bridgehead atoms. The highest BCUT2D eigenvalue weighted by Gasteiger charge is 2.20. The van der Waals surface area contributed by atoms with Gasteiger partial charge in [-0.3, -0.25) is 14.9 Å². The third-order valence-electron chi connectivity index (χ3n) is 5.86. The van der Waals surface area contributed by atoms with Crippen molar-refractivity contribution in [1.29, 1.82) is 0 Å². The summed E-state index contributed by atoms with van der Waals surface area (Å²) in [5.41, 5.74) is 8.49. The molecule has 184 valence electrons. The number of nitrogens with one attached hydrogen (secondary N) is 1. The first kappa shape index (κ1) is 24.4. The van der Waals surface area contributed by atoms with Crippen LogP contribution in [-0.4, -0.2) is 63.9 Å². The van der Waals surface area contributed by atoms with Crippen LogP contribution in [0, 0.1) is 0 Å². The molecular weight excluding hydrogens is 446 g/mol. The molecule has 35 heavy (non-hydrogen) atoms. The Bertz CT molecular complexity index is 1250. The summed E-state index contributed by atoms with van der Waals surface area (Å²) in [6, 6.07) is 9.04. The molecule has 3 heterocycles. The van der Waals surface area contributed by atoms with Crippen molar-refractivity contribution in [2.45, 2.75) is 32.4 Å². The number of amides is 1. The average Bonchev–Trinajstić information content (AvgIpc) is 3.25. The average molecular weight is 479 g/mol. The molecule has 0 spiro atoms. The second-order valence-corrected chi connectivity index (χ2v) is 9.13. The minimum atomic E-state index is -0.779. The van der Waals surface area contributed by atoms with Gasteiger partial charge in [-0.15, -0.1) is 0 Å². The summed E-state index contributed by atoms with van der Waals surface area (Å²) in [5.74, 6) is -0.344. The SMILES string of the molecule is CC(C)(O)CCn1cc2cc(NC(=O)c3cccc(/C(C=[NH2+])=C/N)n3)c(N3CCOCC3)cc2n1. The van der Waals surface area contributed by atoms with Gasteiger partial charge in [-0.05, 0) is 44.5 Å². The molecule has 10 nitrogen and oxygen atoms in total. The van der Waals surface area contributed by atoms with Crippen molar-refractivity contribution in [3.05, 3.63) is 54.1 Å². The van der Waals surface area contributed by atoms with Gasteiger partial charge in [0, 0.05) is 37.4 Å². The van der Waals surface area contributed by atoms with Crippen LogP contribution in [0.5, 0.6) is 0 Å². The van der Waals surface area contributed by atoms with E-state index in [-0.39, 0.29) is 11.6 Å². The fraction of sp³-hybridized carbons (Fsp3) is 0.360. The molecule has 3 aromatic rings. The highest BCUT2D eigenvalue weighted by atomic mass is 16.5. The van der Waals surface area contributed by atoms with Crippen molar-refractivity contribution < 1.29 is 20.0 Å². The number of anilines is 2. The molecule has 0 unspecified atom stereocenters. The van der Waals surface area contributed by atoms with Gasteiger partial charge >= 0.3 is 0 Å². The zero-order valence-electron chi connectivity index (χ0n) is 20.1. The fourth-order valence-corrected chi connectivity index (χ4v) is 3.92. The Balaban J connectivity index is 1.67. The van der Waals surface area contributed by atoms with Gasteiger partial charge in [0.1, 0.15) is 5.69 Å². The number of ether oxygens (including phenoxy) is 1. The lowest BCUT2D eigenvalue weighted by atomic mass is 10.1. The number of morpholine rings is 1. The van der Waals surface area contributed by atoms with Gasteiger partial charge in [0.15, 0.2) is 6.21 Å². The number of carbonyl (C=O) groups excluding carboxylic acids is 1. The minimum Gasteiger partial charge on any atom is -0.404 e. The van der Waals surface area contributed by atoms with Crippen LogP contribution in [-0.2, 0) is 11.3 Å². The lowest BCUT2D eigenvalue weighted by Gasteiger charge is -2.30. The standard InChI is InChI=1S/C25H31N7O3/c1-25(2,34)6-7-32-16-17-12-22(23(13-21(17)30-32)31-8-10-35-11-9-31)29-24(33)20-5-3-4-19(28-20)18(14-26)15-27/h3-5,12-16,26,34H,6-11,27H2,1-2H3,(H,29,33)/p+1/b18-15+,26-14?. The number of aromatic nitrogens is 3. The van der Waals surface area contributed by atoms with E-state index in [9.17, 15) is 9.90 Å². The van der Waals surface area contributed by atoms with E-state index in [4.69, 9.17) is 15.9 Å². The van der Waals surface area contributed by atoms with Gasteiger partial charge in [0.25, 0.3) is 5.91 Å². The first-order valence-electron chi connectivity index (χ1n) is 11.6. The number of hydrogen-bond acceptors (Lipinski definition) is 7.